The molecule has 0 bridgehead atoms. The molecule has 0 saturated heterocycles. The van der Waals surface area contributed by atoms with Crippen molar-refractivity contribution >= 4 is 6.21 Å². The van der Waals surface area contributed by atoms with Gasteiger partial charge in [0.1, 0.15) is 0 Å². The van der Waals surface area contributed by atoms with Crippen molar-refractivity contribution in [2.45, 2.75) is 12.5 Å². The van der Waals surface area contributed by atoms with Gasteiger partial charge in [0, 0.05) is 6.21 Å². The third-order valence-electron chi connectivity index (χ3n) is 1.91. The first-order chi connectivity index (χ1) is 6.70. The molecule has 1 atom stereocenters. The molecule has 0 aromatic heterocycles. The van der Waals surface area contributed by atoms with Gasteiger partial charge in [-0.3, -0.25) is 4.99 Å². The molecular formula is C12H12N2. The van der Waals surface area contributed by atoms with E-state index in [4.69, 9.17) is 5.26 Å². The van der Waals surface area contributed by atoms with Crippen molar-refractivity contribution < 1.29 is 0 Å². The monoisotopic (exact) mass is 184 g/mol. The quantitative estimate of drug-likeness (QED) is 0.525. The zero-order valence-electron chi connectivity index (χ0n) is 8.14. The summed E-state index contributed by atoms with van der Waals surface area (Å²) in [7, 11) is 0. The van der Waals surface area contributed by atoms with E-state index >= 15 is 0 Å². The van der Waals surface area contributed by atoms with Crippen LogP contribution in [-0.4, -0.2) is 11.8 Å². The fourth-order valence-corrected chi connectivity index (χ4v) is 0.875. The number of rotatable bonds is 3. The van der Waals surface area contributed by atoms with Gasteiger partial charge in [0.05, 0.1) is 6.07 Å². The highest BCUT2D eigenvalue weighted by molar-refractivity contribution is 5.80. The minimum atomic E-state index is -0.824. The molecule has 1 rings (SSSR count). The van der Waals surface area contributed by atoms with Gasteiger partial charge in [-0.15, -0.1) is 0 Å². The third kappa shape index (κ3) is 2.56. The number of nitrogens with zero attached hydrogens (tertiary/aromatic N) is 2. The second kappa shape index (κ2) is 4.38. The molecule has 0 aliphatic rings. The van der Waals surface area contributed by atoms with Crippen LogP contribution in [0.2, 0.25) is 0 Å². The van der Waals surface area contributed by atoms with Crippen molar-refractivity contribution in [3.63, 3.8) is 0 Å². The van der Waals surface area contributed by atoms with E-state index in [2.05, 4.69) is 17.6 Å². The Morgan fingerprint density at radius 1 is 1.43 bits per heavy atom. The van der Waals surface area contributed by atoms with Gasteiger partial charge >= 0.3 is 0 Å². The lowest BCUT2D eigenvalue weighted by Crippen LogP contribution is -2.14. The first kappa shape index (κ1) is 10.2. The number of aliphatic imine (C=N–C) groups is 1. The van der Waals surface area contributed by atoms with Crippen molar-refractivity contribution in [3.8, 4) is 6.07 Å². The third-order valence-corrected chi connectivity index (χ3v) is 1.91. The molecule has 0 heterocycles. The van der Waals surface area contributed by atoms with Crippen LogP contribution in [0.3, 0.4) is 0 Å². The van der Waals surface area contributed by atoms with E-state index in [-0.39, 0.29) is 0 Å². The van der Waals surface area contributed by atoms with Crippen molar-refractivity contribution in [2.75, 3.05) is 0 Å². The van der Waals surface area contributed by atoms with E-state index in [1.165, 1.54) is 6.08 Å². The topological polar surface area (TPSA) is 36.1 Å². The first-order valence-electron chi connectivity index (χ1n) is 4.35. The normalized spacial score (nSPS) is 14.6. The van der Waals surface area contributed by atoms with Crippen LogP contribution in [0.1, 0.15) is 12.5 Å². The standard InChI is InChI=1S/C12H12N2/c1-3-12(2,10-13)14-9-11-7-5-4-6-8-11/h3-9H,1H2,2H3. The SMILES string of the molecule is C=CC(C)(C#N)N=Cc1ccccc1. The Kier molecular flexibility index (Phi) is 3.19. The van der Waals surface area contributed by atoms with Crippen LogP contribution in [0.15, 0.2) is 48.0 Å². The lowest BCUT2D eigenvalue weighted by atomic mass is 10.1. The summed E-state index contributed by atoms with van der Waals surface area (Å²) in [6, 6.07) is 11.8. The Bertz CT molecular complexity index is 373. The summed E-state index contributed by atoms with van der Waals surface area (Å²) in [5.41, 5.74) is 0.159. The molecule has 0 saturated carbocycles. The van der Waals surface area contributed by atoms with Gasteiger partial charge in [0.15, 0.2) is 5.54 Å². The lowest BCUT2D eigenvalue weighted by Gasteiger charge is -2.08. The van der Waals surface area contributed by atoms with Crippen LogP contribution in [0.4, 0.5) is 0 Å². The zero-order chi connectivity index (χ0) is 10.4. The summed E-state index contributed by atoms with van der Waals surface area (Å²) in [5, 5.41) is 8.83. The molecular weight excluding hydrogens is 172 g/mol. The van der Waals surface area contributed by atoms with Crippen LogP contribution in [0.5, 0.6) is 0 Å². The van der Waals surface area contributed by atoms with Crippen LogP contribution in [0, 0.1) is 11.3 Å². The Hall–Kier alpha value is -1.88. The van der Waals surface area contributed by atoms with Gasteiger partial charge in [-0.1, -0.05) is 43.0 Å². The molecule has 1 aromatic rings. The van der Waals surface area contributed by atoms with E-state index in [0.29, 0.717) is 0 Å². The molecule has 0 N–H and O–H groups in total. The van der Waals surface area contributed by atoms with Crippen molar-refractivity contribution in [2.24, 2.45) is 4.99 Å². The Morgan fingerprint density at radius 2 is 2.07 bits per heavy atom. The number of nitriles is 1. The highest BCUT2D eigenvalue weighted by atomic mass is 14.8. The fourth-order valence-electron chi connectivity index (χ4n) is 0.875. The second-order valence-corrected chi connectivity index (χ2v) is 3.13. The summed E-state index contributed by atoms with van der Waals surface area (Å²) in [6.45, 7) is 5.30. The maximum Gasteiger partial charge on any atom is 0.161 e. The minimum absolute atomic E-state index is 0.824. The van der Waals surface area contributed by atoms with Gasteiger partial charge in [-0.05, 0) is 12.5 Å². The van der Waals surface area contributed by atoms with Crippen LogP contribution in [0.25, 0.3) is 0 Å². The predicted octanol–water partition coefficient (Wildman–Crippen LogP) is 2.57. The number of hydrogen-bond acceptors (Lipinski definition) is 2. The first-order valence-corrected chi connectivity index (χ1v) is 4.35. The molecule has 1 aromatic carbocycles. The molecule has 0 aliphatic carbocycles. The molecule has 0 amide bonds. The maximum absolute atomic E-state index is 8.83. The molecule has 1 unspecified atom stereocenters. The molecule has 70 valence electrons. The van der Waals surface area contributed by atoms with Crippen molar-refractivity contribution in [1.29, 1.82) is 5.26 Å². The molecule has 0 aliphatic heterocycles. The Morgan fingerprint density at radius 3 is 2.57 bits per heavy atom. The molecule has 0 spiro atoms. The molecule has 2 nitrogen and oxygen atoms in total. The molecule has 14 heavy (non-hydrogen) atoms. The van der Waals surface area contributed by atoms with Gasteiger partial charge in [0.2, 0.25) is 0 Å². The largest absolute Gasteiger partial charge is 0.267 e. The second-order valence-electron chi connectivity index (χ2n) is 3.13. The molecule has 2 heteroatoms. The zero-order valence-corrected chi connectivity index (χ0v) is 8.14. The summed E-state index contributed by atoms with van der Waals surface area (Å²) < 4.78 is 0. The van der Waals surface area contributed by atoms with Crippen LogP contribution < -0.4 is 0 Å². The van der Waals surface area contributed by atoms with Gasteiger partial charge in [-0.25, -0.2) is 0 Å². The van der Waals surface area contributed by atoms with Gasteiger partial charge in [0.25, 0.3) is 0 Å². The van der Waals surface area contributed by atoms with Crippen molar-refractivity contribution in [3.05, 3.63) is 48.6 Å². The predicted molar refractivity (Wildman–Crippen MR) is 58.3 cm³/mol. The number of hydrogen-bond donors (Lipinski definition) is 0. The average molecular weight is 184 g/mol. The summed E-state index contributed by atoms with van der Waals surface area (Å²) in [5.74, 6) is 0. The molecule has 0 radical (unpaired) electrons. The maximum atomic E-state index is 8.83. The van der Waals surface area contributed by atoms with E-state index in [1.54, 1.807) is 13.1 Å². The van der Waals surface area contributed by atoms with Gasteiger partial charge in [-0.2, -0.15) is 5.26 Å². The summed E-state index contributed by atoms with van der Waals surface area (Å²) in [4.78, 5) is 4.16. The highest BCUT2D eigenvalue weighted by Gasteiger charge is 2.15. The van der Waals surface area contributed by atoms with E-state index in [9.17, 15) is 0 Å². The highest BCUT2D eigenvalue weighted by Crippen LogP contribution is 2.09. The molecule has 0 fully saturated rings. The Labute approximate surface area is 84.2 Å². The van der Waals surface area contributed by atoms with Crippen LogP contribution in [-0.2, 0) is 0 Å². The average Bonchev–Trinajstić information content (AvgIpc) is 2.27. The lowest BCUT2D eigenvalue weighted by molar-refractivity contribution is 0.760. The minimum Gasteiger partial charge on any atom is -0.267 e. The smallest absolute Gasteiger partial charge is 0.161 e. The Balaban J connectivity index is 2.84. The van der Waals surface area contributed by atoms with E-state index in [1.807, 2.05) is 30.3 Å². The van der Waals surface area contributed by atoms with Crippen molar-refractivity contribution in [1.82, 2.24) is 0 Å². The fraction of sp³-hybridized carbons (Fsp3) is 0.167. The number of benzene rings is 1. The summed E-state index contributed by atoms with van der Waals surface area (Å²) in [6.07, 6.45) is 3.22. The van der Waals surface area contributed by atoms with E-state index in [0.717, 1.165) is 5.56 Å². The summed E-state index contributed by atoms with van der Waals surface area (Å²) >= 11 is 0. The van der Waals surface area contributed by atoms with Crippen LogP contribution >= 0.6 is 0 Å². The van der Waals surface area contributed by atoms with E-state index < -0.39 is 5.54 Å². The van der Waals surface area contributed by atoms with Gasteiger partial charge < -0.3 is 0 Å².